The summed E-state index contributed by atoms with van der Waals surface area (Å²) in [5, 5.41) is 4.53. The molecule has 0 aliphatic heterocycles. The van der Waals surface area contributed by atoms with Gasteiger partial charge in [-0.05, 0) is 38.0 Å². The lowest BCUT2D eigenvalue weighted by atomic mass is 10.1. The van der Waals surface area contributed by atoms with Gasteiger partial charge in [0.25, 0.3) is 0 Å². The Hall–Kier alpha value is -3.18. The molecule has 0 spiro atoms. The van der Waals surface area contributed by atoms with Crippen molar-refractivity contribution in [3.05, 3.63) is 73.2 Å². The van der Waals surface area contributed by atoms with Crippen molar-refractivity contribution in [2.45, 2.75) is 26.4 Å². The lowest BCUT2D eigenvalue weighted by Gasteiger charge is -2.10. The molecule has 0 saturated heterocycles. The molecule has 0 atom stereocenters. The van der Waals surface area contributed by atoms with Crippen LogP contribution in [0.3, 0.4) is 0 Å². The number of benzene rings is 2. The second-order valence-corrected chi connectivity index (χ2v) is 7.24. The minimum absolute atomic E-state index is 0.255. The minimum Gasteiger partial charge on any atom is -0.379 e. The maximum Gasteiger partial charge on any atom is 0.150 e. The molecule has 0 aliphatic carbocycles. The highest BCUT2D eigenvalue weighted by atomic mass is 16.5. The SMILES string of the molecule is CC(C)OCCCNc1ncnc2c1c(-c1ccccc1)cn2-c1ccccc1. The summed E-state index contributed by atoms with van der Waals surface area (Å²) in [4.78, 5) is 9.18. The van der Waals surface area contributed by atoms with Crippen LogP contribution in [0.25, 0.3) is 27.8 Å². The van der Waals surface area contributed by atoms with Gasteiger partial charge in [-0.3, -0.25) is 0 Å². The first kappa shape index (κ1) is 19.2. The first-order valence-electron chi connectivity index (χ1n) is 10.1. The lowest BCUT2D eigenvalue weighted by Crippen LogP contribution is -2.10. The number of para-hydroxylation sites is 1. The molecule has 1 N–H and O–H groups in total. The van der Waals surface area contributed by atoms with E-state index in [1.54, 1.807) is 6.33 Å². The molecule has 29 heavy (non-hydrogen) atoms. The van der Waals surface area contributed by atoms with Crippen molar-refractivity contribution in [3.8, 4) is 16.8 Å². The van der Waals surface area contributed by atoms with Crippen LogP contribution in [0, 0.1) is 0 Å². The largest absolute Gasteiger partial charge is 0.379 e. The highest BCUT2D eigenvalue weighted by Gasteiger charge is 2.17. The number of nitrogens with one attached hydrogen (secondary N) is 1. The van der Waals surface area contributed by atoms with Gasteiger partial charge in [-0.25, -0.2) is 9.97 Å². The van der Waals surface area contributed by atoms with E-state index in [0.29, 0.717) is 0 Å². The number of aromatic nitrogens is 3. The predicted octanol–water partition coefficient (Wildman–Crippen LogP) is 5.31. The third-order valence-corrected chi connectivity index (χ3v) is 4.77. The quantitative estimate of drug-likeness (QED) is 0.417. The summed E-state index contributed by atoms with van der Waals surface area (Å²) in [5.41, 5.74) is 4.24. The van der Waals surface area contributed by atoms with Gasteiger partial charge in [-0.15, -0.1) is 0 Å². The van der Waals surface area contributed by atoms with Crippen LogP contribution in [0.5, 0.6) is 0 Å². The Balaban J connectivity index is 1.74. The highest BCUT2D eigenvalue weighted by Crippen LogP contribution is 2.35. The zero-order valence-electron chi connectivity index (χ0n) is 16.9. The van der Waals surface area contributed by atoms with E-state index >= 15 is 0 Å². The number of ether oxygens (including phenoxy) is 1. The Morgan fingerprint density at radius 1 is 0.966 bits per heavy atom. The fourth-order valence-electron chi connectivity index (χ4n) is 3.42. The molecule has 0 aliphatic rings. The lowest BCUT2D eigenvalue weighted by molar-refractivity contribution is 0.0787. The first-order chi connectivity index (χ1) is 14.2. The Labute approximate surface area is 171 Å². The predicted molar refractivity (Wildman–Crippen MR) is 118 cm³/mol. The maximum atomic E-state index is 5.65. The summed E-state index contributed by atoms with van der Waals surface area (Å²) in [6.07, 6.45) is 4.95. The molecule has 148 valence electrons. The molecule has 5 nitrogen and oxygen atoms in total. The van der Waals surface area contributed by atoms with Crippen molar-refractivity contribution in [3.63, 3.8) is 0 Å². The second-order valence-electron chi connectivity index (χ2n) is 7.24. The zero-order chi connectivity index (χ0) is 20.1. The van der Waals surface area contributed by atoms with Crippen molar-refractivity contribution in [1.82, 2.24) is 14.5 Å². The van der Waals surface area contributed by atoms with Crippen LogP contribution < -0.4 is 5.32 Å². The van der Waals surface area contributed by atoms with Crippen LogP contribution in [-0.4, -0.2) is 33.8 Å². The van der Waals surface area contributed by atoms with Gasteiger partial charge in [-0.2, -0.15) is 0 Å². The van der Waals surface area contributed by atoms with Gasteiger partial charge in [0.1, 0.15) is 12.1 Å². The van der Waals surface area contributed by atoms with E-state index in [1.807, 2.05) is 24.3 Å². The standard InChI is InChI=1S/C24H26N4O/c1-18(2)29-15-9-14-25-23-22-21(19-10-5-3-6-11-19)16-28(24(22)27-17-26-23)20-12-7-4-8-13-20/h3-8,10-13,16-18H,9,14-15H2,1-2H3,(H,25,26,27). The Morgan fingerprint density at radius 2 is 1.69 bits per heavy atom. The van der Waals surface area contributed by atoms with Crippen LogP contribution in [0.4, 0.5) is 5.82 Å². The topological polar surface area (TPSA) is 52.0 Å². The third kappa shape index (κ3) is 4.30. The van der Waals surface area contributed by atoms with Crippen LogP contribution in [0.1, 0.15) is 20.3 Å². The van der Waals surface area contributed by atoms with Gasteiger partial charge in [0.05, 0.1) is 11.5 Å². The van der Waals surface area contributed by atoms with Crippen LogP contribution >= 0.6 is 0 Å². The molecule has 0 bridgehead atoms. The summed E-state index contributed by atoms with van der Waals surface area (Å²) in [6, 6.07) is 20.7. The second kappa shape index (κ2) is 8.88. The van der Waals surface area contributed by atoms with Crippen LogP contribution in [-0.2, 0) is 4.74 Å². The summed E-state index contributed by atoms with van der Waals surface area (Å²) in [6.45, 7) is 5.64. The average molecular weight is 386 g/mol. The molecule has 2 aromatic carbocycles. The molecule has 0 saturated carbocycles. The fourth-order valence-corrected chi connectivity index (χ4v) is 3.42. The number of nitrogens with zero attached hydrogens (tertiary/aromatic N) is 3. The van der Waals surface area contributed by atoms with Gasteiger partial charge in [0.15, 0.2) is 5.65 Å². The molecule has 0 amide bonds. The summed E-state index contributed by atoms with van der Waals surface area (Å²) in [5.74, 6) is 0.855. The van der Waals surface area contributed by atoms with Gasteiger partial charge in [0.2, 0.25) is 0 Å². The molecule has 5 heteroatoms. The number of hydrogen-bond donors (Lipinski definition) is 1. The molecule has 4 rings (SSSR count). The Kier molecular flexibility index (Phi) is 5.86. The average Bonchev–Trinajstić information content (AvgIpc) is 3.15. The summed E-state index contributed by atoms with van der Waals surface area (Å²) in [7, 11) is 0. The van der Waals surface area contributed by atoms with E-state index in [4.69, 9.17) is 4.74 Å². The van der Waals surface area contributed by atoms with E-state index in [9.17, 15) is 0 Å². The Bertz CT molecular complexity index is 1060. The van der Waals surface area contributed by atoms with Crippen LogP contribution in [0.15, 0.2) is 73.2 Å². The maximum absolute atomic E-state index is 5.65. The van der Waals surface area contributed by atoms with E-state index in [2.05, 4.69) is 76.3 Å². The van der Waals surface area contributed by atoms with E-state index < -0.39 is 0 Å². The molecule has 0 radical (unpaired) electrons. The number of rotatable bonds is 8. The normalized spacial score (nSPS) is 11.3. The molecule has 2 aromatic heterocycles. The molecule has 2 heterocycles. The number of anilines is 1. The molecule has 4 aromatic rings. The number of fused-ring (bicyclic) bond motifs is 1. The number of hydrogen-bond acceptors (Lipinski definition) is 4. The first-order valence-corrected chi connectivity index (χ1v) is 10.1. The van der Waals surface area contributed by atoms with Gasteiger partial charge in [-0.1, -0.05) is 48.5 Å². The smallest absolute Gasteiger partial charge is 0.150 e. The minimum atomic E-state index is 0.255. The summed E-state index contributed by atoms with van der Waals surface area (Å²) < 4.78 is 7.78. The summed E-state index contributed by atoms with van der Waals surface area (Å²) >= 11 is 0. The zero-order valence-corrected chi connectivity index (χ0v) is 16.9. The molecule has 0 unspecified atom stereocenters. The van der Waals surface area contributed by atoms with Crippen LogP contribution in [0.2, 0.25) is 0 Å². The third-order valence-electron chi connectivity index (χ3n) is 4.77. The van der Waals surface area contributed by atoms with E-state index in [0.717, 1.165) is 53.2 Å². The van der Waals surface area contributed by atoms with Gasteiger partial charge >= 0.3 is 0 Å². The monoisotopic (exact) mass is 386 g/mol. The van der Waals surface area contributed by atoms with Crippen molar-refractivity contribution in [1.29, 1.82) is 0 Å². The molecular formula is C24H26N4O. The van der Waals surface area contributed by atoms with Crippen molar-refractivity contribution >= 4 is 16.9 Å². The highest BCUT2D eigenvalue weighted by molar-refractivity contribution is 6.02. The molecular weight excluding hydrogens is 360 g/mol. The van der Waals surface area contributed by atoms with Crippen molar-refractivity contribution in [2.24, 2.45) is 0 Å². The van der Waals surface area contributed by atoms with Crippen molar-refractivity contribution < 1.29 is 4.74 Å². The Morgan fingerprint density at radius 3 is 2.41 bits per heavy atom. The molecule has 0 fully saturated rings. The fraction of sp³-hybridized carbons (Fsp3) is 0.250. The van der Waals surface area contributed by atoms with Crippen molar-refractivity contribution in [2.75, 3.05) is 18.5 Å². The van der Waals surface area contributed by atoms with Gasteiger partial charge in [0, 0.05) is 30.6 Å². The van der Waals surface area contributed by atoms with Gasteiger partial charge < -0.3 is 14.6 Å². The van der Waals surface area contributed by atoms with E-state index in [-0.39, 0.29) is 6.10 Å². The van der Waals surface area contributed by atoms with E-state index in [1.165, 1.54) is 0 Å².